The summed E-state index contributed by atoms with van der Waals surface area (Å²) in [5.74, 6) is 2.60. The second kappa shape index (κ2) is 7.21. The molecule has 2 unspecified atom stereocenters. The van der Waals surface area contributed by atoms with Crippen LogP contribution in [0.25, 0.3) is 10.8 Å². The molecule has 2 aliphatic heterocycles. The van der Waals surface area contributed by atoms with E-state index >= 15 is 0 Å². The van der Waals surface area contributed by atoms with Gasteiger partial charge in [-0.15, -0.1) is 12.4 Å². The highest BCUT2D eigenvalue weighted by atomic mass is 35.5. The number of hydrogen-bond acceptors (Lipinski definition) is 2. The van der Waals surface area contributed by atoms with Crippen molar-refractivity contribution in [3.8, 4) is 0 Å². The van der Waals surface area contributed by atoms with Crippen LogP contribution < -0.4 is 5.32 Å². The topological polar surface area (TPSA) is 32.3 Å². The molecule has 5 rings (SSSR count). The van der Waals surface area contributed by atoms with Gasteiger partial charge in [-0.1, -0.05) is 42.5 Å². The van der Waals surface area contributed by atoms with E-state index in [0.717, 1.165) is 44.4 Å². The average Bonchev–Trinajstić information content (AvgIpc) is 3.37. The molecular weight excluding hydrogens is 344 g/mol. The number of likely N-dealkylation sites (tertiary alicyclic amines) is 1. The summed E-state index contributed by atoms with van der Waals surface area (Å²) >= 11 is 0. The van der Waals surface area contributed by atoms with Crippen LogP contribution in [0.15, 0.2) is 42.5 Å². The number of nitrogens with zero attached hydrogens (tertiary/aromatic N) is 1. The number of benzene rings is 2. The third kappa shape index (κ3) is 3.12. The minimum absolute atomic E-state index is 0. The van der Waals surface area contributed by atoms with Crippen molar-refractivity contribution in [2.24, 2.45) is 17.8 Å². The highest BCUT2D eigenvalue weighted by Gasteiger charge is 2.46. The predicted molar refractivity (Wildman–Crippen MR) is 108 cm³/mol. The molecule has 1 N–H and O–H groups in total. The first-order chi connectivity index (χ1) is 12.3. The summed E-state index contributed by atoms with van der Waals surface area (Å²) in [7, 11) is 0. The van der Waals surface area contributed by atoms with Gasteiger partial charge >= 0.3 is 0 Å². The summed E-state index contributed by atoms with van der Waals surface area (Å²) in [5, 5.41) is 6.12. The molecule has 2 aromatic rings. The molecule has 1 saturated carbocycles. The first-order valence-corrected chi connectivity index (χ1v) is 9.78. The van der Waals surface area contributed by atoms with Crippen molar-refractivity contribution in [1.82, 2.24) is 10.2 Å². The molecule has 3 aliphatic rings. The molecule has 1 aliphatic carbocycles. The smallest absolute Gasteiger partial charge is 0.226 e. The summed E-state index contributed by atoms with van der Waals surface area (Å²) in [6, 6.07) is 15.1. The molecule has 0 spiro atoms. The predicted octanol–water partition coefficient (Wildman–Crippen LogP) is 3.82. The Morgan fingerprint density at radius 2 is 1.65 bits per heavy atom. The molecule has 2 saturated heterocycles. The number of carbonyl (C=O) groups excluding carboxylic acids is 1. The quantitative estimate of drug-likeness (QED) is 0.871. The summed E-state index contributed by atoms with van der Waals surface area (Å²) < 4.78 is 0. The van der Waals surface area contributed by atoms with Gasteiger partial charge in [0.05, 0.1) is 0 Å². The van der Waals surface area contributed by atoms with Crippen LogP contribution in [0.5, 0.6) is 0 Å². The van der Waals surface area contributed by atoms with Gasteiger partial charge in [-0.25, -0.2) is 0 Å². The van der Waals surface area contributed by atoms with Crippen molar-refractivity contribution >= 4 is 29.1 Å². The van der Waals surface area contributed by atoms with Gasteiger partial charge in [0.2, 0.25) is 5.91 Å². The molecule has 26 heavy (non-hydrogen) atoms. The average molecular weight is 371 g/mol. The van der Waals surface area contributed by atoms with E-state index in [0.29, 0.717) is 11.8 Å². The lowest BCUT2D eigenvalue weighted by Crippen LogP contribution is -2.34. The van der Waals surface area contributed by atoms with Gasteiger partial charge in [0, 0.05) is 19.0 Å². The minimum atomic E-state index is 0. The van der Waals surface area contributed by atoms with Crippen molar-refractivity contribution in [3.63, 3.8) is 0 Å². The first kappa shape index (κ1) is 17.8. The Bertz CT molecular complexity index is 788. The standard InChI is InChI=1S/C22H26N2O.ClH/c25-22(24-10-8-16-13-23-14-17(16)9-11-24)21-12-20(21)19-7-3-5-15-4-1-2-6-18(15)19;/h1-7,16-17,20-21,23H,8-14H2;1H/t16-,17+,20?,21?;. The maximum absolute atomic E-state index is 13.1. The molecule has 0 radical (unpaired) electrons. The Morgan fingerprint density at radius 3 is 2.42 bits per heavy atom. The van der Waals surface area contributed by atoms with Crippen molar-refractivity contribution in [2.75, 3.05) is 26.2 Å². The number of nitrogens with one attached hydrogen (secondary N) is 1. The molecule has 4 atom stereocenters. The van der Waals surface area contributed by atoms with Crippen molar-refractivity contribution in [1.29, 1.82) is 0 Å². The van der Waals surface area contributed by atoms with Gasteiger partial charge in [0.15, 0.2) is 0 Å². The molecule has 0 bridgehead atoms. The second-order valence-corrected chi connectivity index (χ2v) is 8.10. The number of fused-ring (bicyclic) bond motifs is 2. The summed E-state index contributed by atoms with van der Waals surface area (Å²) in [6.07, 6.45) is 3.38. The fraction of sp³-hybridized carbons (Fsp3) is 0.500. The summed E-state index contributed by atoms with van der Waals surface area (Å²) in [6.45, 7) is 4.21. The van der Waals surface area contributed by atoms with Crippen LogP contribution in [0.1, 0.15) is 30.7 Å². The lowest BCUT2D eigenvalue weighted by molar-refractivity contribution is -0.132. The Labute approximate surface area is 161 Å². The van der Waals surface area contributed by atoms with E-state index in [9.17, 15) is 4.79 Å². The number of carbonyl (C=O) groups is 1. The lowest BCUT2D eigenvalue weighted by Gasteiger charge is -2.21. The first-order valence-electron chi connectivity index (χ1n) is 9.78. The number of rotatable bonds is 2. The summed E-state index contributed by atoms with van der Waals surface area (Å²) in [5.41, 5.74) is 1.37. The number of halogens is 1. The third-order valence-corrected chi connectivity index (χ3v) is 6.66. The Hall–Kier alpha value is -1.58. The van der Waals surface area contributed by atoms with Gasteiger partial charge < -0.3 is 10.2 Å². The normalized spacial score (nSPS) is 30.4. The second-order valence-electron chi connectivity index (χ2n) is 8.10. The maximum atomic E-state index is 13.1. The van der Waals surface area contributed by atoms with E-state index < -0.39 is 0 Å². The van der Waals surface area contributed by atoms with E-state index in [1.807, 2.05) is 0 Å². The fourth-order valence-electron chi connectivity index (χ4n) is 5.06. The van der Waals surface area contributed by atoms with Gasteiger partial charge in [0.1, 0.15) is 0 Å². The molecule has 138 valence electrons. The van der Waals surface area contributed by atoms with Gasteiger partial charge in [0.25, 0.3) is 0 Å². The SMILES string of the molecule is Cl.O=C(C1CC1c1cccc2ccccc12)N1CC[C@@H]2CNC[C@@H]2CC1. The largest absolute Gasteiger partial charge is 0.342 e. The van der Waals surface area contributed by atoms with E-state index in [-0.39, 0.29) is 18.3 Å². The Morgan fingerprint density at radius 1 is 0.962 bits per heavy atom. The van der Waals surface area contributed by atoms with Crippen LogP contribution in [-0.2, 0) is 4.79 Å². The van der Waals surface area contributed by atoms with E-state index in [4.69, 9.17) is 0 Å². The fourth-order valence-corrected chi connectivity index (χ4v) is 5.06. The highest BCUT2D eigenvalue weighted by Crippen LogP contribution is 2.50. The van der Waals surface area contributed by atoms with E-state index in [2.05, 4.69) is 52.7 Å². The molecular formula is C22H27ClN2O. The van der Waals surface area contributed by atoms with Crippen LogP contribution >= 0.6 is 12.4 Å². The van der Waals surface area contributed by atoms with Crippen LogP contribution in [0.3, 0.4) is 0 Å². The van der Waals surface area contributed by atoms with Gasteiger partial charge in [-0.3, -0.25) is 4.79 Å². The van der Waals surface area contributed by atoms with Crippen molar-refractivity contribution < 1.29 is 4.79 Å². The molecule has 1 amide bonds. The van der Waals surface area contributed by atoms with Crippen LogP contribution in [0, 0.1) is 17.8 Å². The lowest BCUT2D eigenvalue weighted by atomic mass is 9.92. The van der Waals surface area contributed by atoms with Crippen molar-refractivity contribution in [2.45, 2.75) is 25.2 Å². The molecule has 2 aromatic carbocycles. The summed E-state index contributed by atoms with van der Waals surface area (Å²) in [4.78, 5) is 15.2. The zero-order valence-corrected chi connectivity index (χ0v) is 15.9. The molecule has 0 aromatic heterocycles. The maximum Gasteiger partial charge on any atom is 0.226 e. The molecule has 4 heteroatoms. The van der Waals surface area contributed by atoms with E-state index in [1.54, 1.807) is 0 Å². The van der Waals surface area contributed by atoms with Gasteiger partial charge in [-0.2, -0.15) is 0 Å². The van der Waals surface area contributed by atoms with Crippen LogP contribution in [0.4, 0.5) is 0 Å². The zero-order chi connectivity index (χ0) is 16.8. The highest BCUT2D eigenvalue weighted by molar-refractivity contribution is 5.89. The molecule has 3 fully saturated rings. The Balaban J connectivity index is 0.00000168. The van der Waals surface area contributed by atoms with Crippen LogP contribution in [0.2, 0.25) is 0 Å². The van der Waals surface area contributed by atoms with Gasteiger partial charge in [-0.05, 0) is 66.4 Å². The minimum Gasteiger partial charge on any atom is -0.342 e. The zero-order valence-electron chi connectivity index (χ0n) is 15.1. The number of hydrogen-bond donors (Lipinski definition) is 1. The molecule has 3 nitrogen and oxygen atoms in total. The Kier molecular flexibility index (Phi) is 4.94. The monoisotopic (exact) mass is 370 g/mol. The van der Waals surface area contributed by atoms with E-state index in [1.165, 1.54) is 29.2 Å². The third-order valence-electron chi connectivity index (χ3n) is 6.66. The molecule has 2 heterocycles. The number of amides is 1. The van der Waals surface area contributed by atoms with Crippen LogP contribution in [-0.4, -0.2) is 37.0 Å². The van der Waals surface area contributed by atoms with Crippen molar-refractivity contribution in [3.05, 3.63) is 48.0 Å².